The van der Waals surface area contributed by atoms with Crippen LogP contribution in [-0.2, 0) is 9.47 Å². The van der Waals surface area contributed by atoms with Crippen LogP contribution in [-0.4, -0.2) is 40.1 Å². The van der Waals surface area contributed by atoms with Gasteiger partial charge in [0.2, 0.25) is 0 Å². The number of aryl methyl sites for hydroxylation is 1. The summed E-state index contributed by atoms with van der Waals surface area (Å²) < 4.78 is 16.3. The number of para-hydroxylation sites is 1. The summed E-state index contributed by atoms with van der Waals surface area (Å²) in [5.41, 5.74) is 2.49. The van der Waals surface area contributed by atoms with Crippen molar-refractivity contribution >= 4 is 0 Å². The highest BCUT2D eigenvalue weighted by Crippen LogP contribution is 2.33. The molecule has 1 aliphatic heterocycles. The minimum atomic E-state index is 0.360. The van der Waals surface area contributed by atoms with E-state index < -0.39 is 0 Å². The van der Waals surface area contributed by atoms with Gasteiger partial charge in [-0.3, -0.25) is 0 Å². The summed E-state index contributed by atoms with van der Waals surface area (Å²) in [5.74, 6) is 1.06. The Morgan fingerprint density at radius 1 is 1.30 bits per heavy atom. The van der Waals surface area contributed by atoms with Crippen molar-refractivity contribution in [3.05, 3.63) is 29.3 Å². The normalized spacial score (nSPS) is 18.2. The second-order valence-electron chi connectivity index (χ2n) is 5.10. The average Bonchev–Trinajstić information content (AvgIpc) is 2.66. The van der Waals surface area contributed by atoms with E-state index in [9.17, 15) is 0 Å². The fourth-order valence-electron chi connectivity index (χ4n) is 2.53. The number of fused-ring (bicyclic) bond motifs is 1. The zero-order chi connectivity index (χ0) is 14.2. The molecule has 1 aromatic carbocycles. The fourth-order valence-corrected chi connectivity index (χ4v) is 2.53. The van der Waals surface area contributed by atoms with Gasteiger partial charge in [-0.2, -0.15) is 0 Å². The summed E-state index contributed by atoms with van der Waals surface area (Å²) in [6.07, 6.45) is 2.19. The standard InChI is InChI=1S/C16H25NO3/c1-13-5-3-6-14-15(7-4-9-20-16(13)14)17-8-10-19-12-11-18-2/h3,5-6,15,17H,4,7-12H2,1-2H3. The van der Waals surface area contributed by atoms with Crippen molar-refractivity contribution in [1.29, 1.82) is 0 Å². The molecule has 1 atom stereocenters. The Labute approximate surface area is 121 Å². The van der Waals surface area contributed by atoms with Gasteiger partial charge in [0.15, 0.2) is 0 Å². The smallest absolute Gasteiger partial charge is 0.126 e. The molecule has 4 heteroatoms. The van der Waals surface area contributed by atoms with Crippen LogP contribution < -0.4 is 10.1 Å². The Balaban J connectivity index is 1.87. The molecular weight excluding hydrogens is 254 g/mol. The number of methoxy groups -OCH3 is 1. The van der Waals surface area contributed by atoms with Gasteiger partial charge in [0.1, 0.15) is 5.75 Å². The summed E-state index contributed by atoms with van der Waals surface area (Å²) in [6, 6.07) is 6.73. The zero-order valence-electron chi connectivity index (χ0n) is 12.5. The summed E-state index contributed by atoms with van der Waals surface area (Å²) >= 11 is 0. The molecule has 0 aliphatic carbocycles. The van der Waals surface area contributed by atoms with Gasteiger partial charge < -0.3 is 19.5 Å². The SMILES string of the molecule is COCCOCCNC1CCCOc2c(C)cccc21. The first kappa shape index (κ1) is 15.3. The summed E-state index contributed by atoms with van der Waals surface area (Å²) in [7, 11) is 1.69. The third-order valence-corrected chi connectivity index (χ3v) is 3.57. The van der Waals surface area contributed by atoms with Crippen molar-refractivity contribution in [1.82, 2.24) is 5.32 Å². The van der Waals surface area contributed by atoms with E-state index in [0.717, 1.165) is 31.7 Å². The molecule has 1 unspecified atom stereocenters. The van der Waals surface area contributed by atoms with Crippen molar-refractivity contribution in [2.45, 2.75) is 25.8 Å². The molecule has 1 aliphatic rings. The van der Waals surface area contributed by atoms with Gasteiger partial charge in [0.05, 0.1) is 26.4 Å². The highest BCUT2D eigenvalue weighted by Gasteiger charge is 2.20. The molecule has 0 amide bonds. The van der Waals surface area contributed by atoms with Gasteiger partial charge in [-0.15, -0.1) is 0 Å². The molecule has 0 saturated heterocycles. The maximum absolute atomic E-state index is 5.88. The molecule has 0 saturated carbocycles. The summed E-state index contributed by atoms with van der Waals surface area (Å²) in [5, 5.41) is 3.58. The quantitative estimate of drug-likeness (QED) is 0.778. The maximum atomic E-state index is 5.88. The number of hydrogen-bond acceptors (Lipinski definition) is 4. The third kappa shape index (κ3) is 4.20. The average molecular weight is 279 g/mol. The monoisotopic (exact) mass is 279 g/mol. The minimum Gasteiger partial charge on any atom is -0.493 e. The Kier molecular flexibility index (Phi) is 6.30. The van der Waals surface area contributed by atoms with E-state index >= 15 is 0 Å². The van der Waals surface area contributed by atoms with Crippen molar-refractivity contribution in [3.63, 3.8) is 0 Å². The van der Waals surface area contributed by atoms with Gasteiger partial charge in [-0.05, 0) is 25.3 Å². The molecule has 0 fully saturated rings. The summed E-state index contributed by atoms with van der Waals surface area (Å²) in [6.45, 7) is 5.78. The van der Waals surface area contributed by atoms with Crippen LogP contribution in [0.5, 0.6) is 5.75 Å². The lowest BCUT2D eigenvalue weighted by Crippen LogP contribution is -2.25. The van der Waals surface area contributed by atoms with Crippen molar-refractivity contribution in [2.75, 3.05) is 40.1 Å². The zero-order valence-corrected chi connectivity index (χ0v) is 12.5. The van der Waals surface area contributed by atoms with Gasteiger partial charge in [0.25, 0.3) is 0 Å². The fraction of sp³-hybridized carbons (Fsp3) is 0.625. The van der Waals surface area contributed by atoms with Crippen molar-refractivity contribution < 1.29 is 14.2 Å². The van der Waals surface area contributed by atoms with E-state index in [1.54, 1.807) is 7.11 Å². The number of ether oxygens (including phenoxy) is 3. The lowest BCUT2D eigenvalue weighted by molar-refractivity contribution is 0.0709. The molecule has 1 aromatic rings. The van der Waals surface area contributed by atoms with E-state index in [2.05, 4.69) is 30.4 Å². The Morgan fingerprint density at radius 3 is 3.05 bits per heavy atom. The van der Waals surface area contributed by atoms with Gasteiger partial charge >= 0.3 is 0 Å². The van der Waals surface area contributed by atoms with E-state index in [-0.39, 0.29) is 0 Å². The number of nitrogens with one attached hydrogen (secondary N) is 1. The van der Waals surface area contributed by atoms with E-state index in [1.807, 2.05) is 0 Å². The largest absolute Gasteiger partial charge is 0.493 e. The molecule has 2 rings (SSSR count). The van der Waals surface area contributed by atoms with Crippen LogP contribution >= 0.6 is 0 Å². The number of hydrogen-bond donors (Lipinski definition) is 1. The third-order valence-electron chi connectivity index (χ3n) is 3.57. The predicted octanol–water partition coefficient (Wildman–Crippen LogP) is 2.46. The van der Waals surface area contributed by atoms with Gasteiger partial charge in [-0.1, -0.05) is 18.2 Å². The second kappa shape index (κ2) is 8.25. The molecule has 0 aromatic heterocycles. The van der Waals surface area contributed by atoms with E-state index in [4.69, 9.17) is 14.2 Å². The molecular formula is C16H25NO3. The van der Waals surface area contributed by atoms with Crippen LogP contribution in [0.25, 0.3) is 0 Å². The number of benzene rings is 1. The van der Waals surface area contributed by atoms with Crippen LogP contribution in [0.1, 0.15) is 30.0 Å². The Bertz CT molecular complexity index is 409. The lowest BCUT2D eigenvalue weighted by atomic mass is 10.00. The molecule has 20 heavy (non-hydrogen) atoms. The Morgan fingerprint density at radius 2 is 2.20 bits per heavy atom. The van der Waals surface area contributed by atoms with Crippen molar-refractivity contribution in [2.24, 2.45) is 0 Å². The second-order valence-corrected chi connectivity index (χ2v) is 5.10. The first-order chi connectivity index (χ1) is 9.83. The first-order valence-electron chi connectivity index (χ1n) is 7.35. The highest BCUT2D eigenvalue weighted by atomic mass is 16.5. The summed E-state index contributed by atoms with van der Waals surface area (Å²) in [4.78, 5) is 0. The van der Waals surface area contributed by atoms with E-state index in [0.29, 0.717) is 25.9 Å². The lowest BCUT2D eigenvalue weighted by Gasteiger charge is -2.19. The molecule has 1 heterocycles. The maximum Gasteiger partial charge on any atom is 0.126 e. The number of rotatable bonds is 7. The van der Waals surface area contributed by atoms with Crippen molar-refractivity contribution in [3.8, 4) is 5.75 Å². The molecule has 0 radical (unpaired) electrons. The van der Waals surface area contributed by atoms with E-state index in [1.165, 1.54) is 11.1 Å². The van der Waals surface area contributed by atoms with Crippen LogP contribution in [0.2, 0.25) is 0 Å². The molecule has 0 bridgehead atoms. The van der Waals surface area contributed by atoms with Gasteiger partial charge in [0, 0.05) is 25.3 Å². The molecule has 0 spiro atoms. The minimum absolute atomic E-state index is 0.360. The molecule has 1 N–H and O–H groups in total. The Hall–Kier alpha value is -1.10. The van der Waals surface area contributed by atoms with Crippen LogP contribution in [0.15, 0.2) is 18.2 Å². The predicted molar refractivity (Wildman–Crippen MR) is 79.3 cm³/mol. The molecule has 4 nitrogen and oxygen atoms in total. The topological polar surface area (TPSA) is 39.7 Å². The van der Waals surface area contributed by atoms with Crippen LogP contribution in [0, 0.1) is 6.92 Å². The molecule has 112 valence electrons. The highest BCUT2D eigenvalue weighted by molar-refractivity contribution is 5.43. The van der Waals surface area contributed by atoms with Crippen LogP contribution in [0.3, 0.4) is 0 Å². The van der Waals surface area contributed by atoms with Gasteiger partial charge in [-0.25, -0.2) is 0 Å². The van der Waals surface area contributed by atoms with Crippen LogP contribution in [0.4, 0.5) is 0 Å². The first-order valence-corrected chi connectivity index (χ1v) is 7.35.